The molecule has 1 unspecified atom stereocenters. The Hall–Kier alpha value is -2.26. The summed E-state index contributed by atoms with van der Waals surface area (Å²) in [5, 5.41) is 12.1. The quantitative estimate of drug-likeness (QED) is 0.501. The van der Waals surface area contributed by atoms with Gasteiger partial charge in [0.2, 0.25) is 0 Å². The molecule has 2 heterocycles. The van der Waals surface area contributed by atoms with Gasteiger partial charge in [-0.25, -0.2) is 4.98 Å². The van der Waals surface area contributed by atoms with Gasteiger partial charge in [-0.05, 0) is 57.1 Å². The predicted molar refractivity (Wildman–Crippen MR) is 119 cm³/mol. The molecule has 0 aromatic carbocycles. The third kappa shape index (κ3) is 4.88. The Balaban J connectivity index is 1.44. The van der Waals surface area contributed by atoms with Crippen molar-refractivity contribution in [3.8, 4) is 5.75 Å². The van der Waals surface area contributed by atoms with Crippen LogP contribution in [0.3, 0.4) is 0 Å². The van der Waals surface area contributed by atoms with Gasteiger partial charge in [0, 0.05) is 55.7 Å². The molecule has 5 atom stereocenters. The lowest BCUT2D eigenvalue weighted by molar-refractivity contribution is -0.0495. The lowest BCUT2D eigenvalue weighted by Crippen LogP contribution is -2.34. The van der Waals surface area contributed by atoms with Gasteiger partial charge in [-0.1, -0.05) is 0 Å². The molecular formula is C23H33F2N5O2. The Morgan fingerprint density at radius 3 is 2.66 bits per heavy atom. The molecule has 3 fully saturated rings. The van der Waals surface area contributed by atoms with Crippen LogP contribution < -0.4 is 15.8 Å². The average molecular weight is 450 g/mol. The molecule has 0 bridgehead atoms. The van der Waals surface area contributed by atoms with Gasteiger partial charge in [-0.2, -0.15) is 8.78 Å². The highest BCUT2D eigenvalue weighted by atomic mass is 19.3. The second-order valence-corrected chi connectivity index (χ2v) is 9.42. The number of nitrogens with zero attached hydrogens (tertiary/aromatic N) is 2. The maximum Gasteiger partial charge on any atom is 0.387 e. The number of likely N-dealkylation sites (tertiary alicyclic amines) is 1. The van der Waals surface area contributed by atoms with Crippen LogP contribution in [0.15, 0.2) is 24.0 Å². The number of ether oxygens (including phenoxy) is 2. The van der Waals surface area contributed by atoms with Gasteiger partial charge in [-0.3, -0.25) is 4.90 Å². The van der Waals surface area contributed by atoms with Gasteiger partial charge in [-0.15, -0.1) is 0 Å². The smallest absolute Gasteiger partial charge is 0.387 e. The van der Waals surface area contributed by atoms with Crippen molar-refractivity contribution >= 4 is 11.5 Å². The van der Waals surface area contributed by atoms with E-state index in [9.17, 15) is 8.78 Å². The van der Waals surface area contributed by atoms with Gasteiger partial charge in [0.1, 0.15) is 0 Å². The highest BCUT2D eigenvalue weighted by molar-refractivity contribution is 6.07. The third-order valence-corrected chi connectivity index (χ3v) is 6.97. The molecule has 0 radical (unpaired) electrons. The predicted octanol–water partition coefficient (Wildman–Crippen LogP) is 3.26. The fourth-order valence-electron chi connectivity index (χ4n) is 5.45. The van der Waals surface area contributed by atoms with Gasteiger partial charge in [0.15, 0.2) is 11.6 Å². The number of nitrogens with two attached hydrogens (primary N) is 1. The molecule has 1 aromatic rings. The highest BCUT2D eigenvalue weighted by Gasteiger charge is 2.58. The summed E-state index contributed by atoms with van der Waals surface area (Å²) in [5.41, 5.74) is 7.26. The number of anilines is 1. The molecule has 1 aliphatic heterocycles. The van der Waals surface area contributed by atoms with Crippen LogP contribution in [0.1, 0.15) is 38.7 Å². The van der Waals surface area contributed by atoms with Crippen LogP contribution in [0.5, 0.6) is 5.75 Å². The number of rotatable bonds is 9. The van der Waals surface area contributed by atoms with E-state index in [0.29, 0.717) is 35.5 Å². The summed E-state index contributed by atoms with van der Waals surface area (Å²) in [6.45, 7) is 3.29. The van der Waals surface area contributed by atoms with E-state index in [2.05, 4.69) is 33.8 Å². The lowest BCUT2D eigenvalue weighted by Gasteiger charge is -2.27. The van der Waals surface area contributed by atoms with E-state index in [4.69, 9.17) is 15.9 Å². The second kappa shape index (κ2) is 9.31. The number of pyridine rings is 1. The van der Waals surface area contributed by atoms with Crippen LogP contribution in [-0.2, 0) is 4.74 Å². The van der Waals surface area contributed by atoms with Crippen LogP contribution in [0.4, 0.5) is 14.6 Å². The van der Waals surface area contributed by atoms with E-state index in [1.807, 2.05) is 6.08 Å². The van der Waals surface area contributed by atoms with Crippen molar-refractivity contribution in [1.82, 2.24) is 15.2 Å². The number of halogens is 2. The molecule has 9 heteroatoms. The fourth-order valence-corrected chi connectivity index (χ4v) is 5.45. The SMILES string of the molecule is CO[C@H]1CCN(C2C[C@@H]3[C@H](C2)[C@H]3/C(=C/C(=N)c2cnc(N)c(OC(F)F)c2)NC(C)C)C1. The number of nitrogen functional groups attached to an aromatic ring is 1. The molecule has 7 nitrogen and oxygen atoms in total. The Bertz CT molecular complexity index is 866. The Labute approximate surface area is 187 Å². The van der Waals surface area contributed by atoms with E-state index < -0.39 is 6.61 Å². The largest absolute Gasteiger partial charge is 0.431 e. The van der Waals surface area contributed by atoms with Crippen LogP contribution >= 0.6 is 0 Å². The summed E-state index contributed by atoms with van der Waals surface area (Å²) >= 11 is 0. The molecule has 1 aromatic heterocycles. The first-order valence-electron chi connectivity index (χ1n) is 11.3. The first-order valence-corrected chi connectivity index (χ1v) is 11.3. The molecule has 2 saturated carbocycles. The van der Waals surface area contributed by atoms with E-state index >= 15 is 0 Å². The molecule has 2 aliphatic carbocycles. The minimum Gasteiger partial charge on any atom is -0.431 e. The van der Waals surface area contributed by atoms with E-state index in [0.717, 1.165) is 25.2 Å². The minimum absolute atomic E-state index is 0.119. The number of methoxy groups -OCH3 is 1. The van der Waals surface area contributed by atoms with E-state index in [-0.39, 0.29) is 23.3 Å². The summed E-state index contributed by atoms with van der Waals surface area (Å²) in [4.78, 5) is 6.49. The van der Waals surface area contributed by atoms with Crippen LogP contribution in [0.25, 0.3) is 0 Å². The summed E-state index contributed by atoms with van der Waals surface area (Å²) < 4.78 is 35.2. The lowest BCUT2D eigenvalue weighted by atomic mass is 10.0. The molecule has 3 aliphatic rings. The Morgan fingerprint density at radius 1 is 1.34 bits per heavy atom. The zero-order valence-electron chi connectivity index (χ0n) is 18.9. The average Bonchev–Trinajstić information content (AvgIpc) is 3.09. The Kier molecular flexibility index (Phi) is 6.67. The summed E-state index contributed by atoms with van der Waals surface area (Å²) in [7, 11) is 1.79. The molecule has 1 saturated heterocycles. The van der Waals surface area contributed by atoms with Crippen molar-refractivity contribution in [1.29, 1.82) is 5.41 Å². The molecule has 176 valence electrons. The van der Waals surface area contributed by atoms with Gasteiger partial charge in [0.25, 0.3) is 0 Å². The van der Waals surface area contributed by atoms with Crippen molar-refractivity contribution in [3.05, 3.63) is 29.6 Å². The number of hydrogen-bond acceptors (Lipinski definition) is 7. The monoisotopic (exact) mass is 449 g/mol. The van der Waals surface area contributed by atoms with Gasteiger partial charge < -0.3 is 25.9 Å². The molecule has 32 heavy (non-hydrogen) atoms. The van der Waals surface area contributed by atoms with Crippen molar-refractivity contribution in [2.24, 2.45) is 17.8 Å². The van der Waals surface area contributed by atoms with Gasteiger partial charge in [0.05, 0.1) is 11.8 Å². The summed E-state index contributed by atoms with van der Waals surface area (Å²) in [6, 6.07) is 2.20. The fraction of sp³-hybridized carbons (Fsp3) is 0.652. The second-order valence-electron chi connectivity index (χ2n) is 9.42. The Morgan fingerprint density at radius 2 is 2.06 bits per heavy atom. The number of aromatic nitrogens is 1. The van der Waals surface area contributed by atoms with Crippen LogP contribution in [0.2, 0.25) is 0 Å². The minimum atomic E-state index is -2.99. The van der Waals surface area contributed by atoms with Crippen molar-refractivity contribution < 1.29 is 18.3 Å². The van der Waals surface area contributed by atoms with Crippen LogP contribution in [-0.4, -0.2) is 60.6 Å². The van der Waals surface area contributed by atoms with E-state index in [1.165, 1.54) is 25.1 Å². The standard InChI is InChI=1S/C23H33F2N5O2/c1-12(2)29-19(9-18(26)13-6-20(32-23(24)25)22(27)28-10-13)21-16-7-14(8-17(16)21)30-5-4-15(11-30)31-3/h6,9-10,12,14-17,21,23,26,29H,4-5,7-8,11H2,1-3H3,(H2,27,28)/b19-9-,26-18?/t14?,15-,16-,17+,21+/m0/s1. The zero-order chi connectivity index (χ0) is 23.0. The summed E-state index contributed by atoms with van der Waals surface area (Å²) in [5.74, 6) is 1.32. The third-order valence-electron chi connectivity index (χ3n) is 6.97. The topological polar surface area (TPSA) is 96.5 Å². The maximum atomic E-state index is 12.6. The molecule has 4 rings (SSSR count). The molecule has 0 spiro atoms. The van der Waals surface area contributed by atoms with E-state index in [1.54, 1.807) is 7.11 Å². The number of alkyl halides is 2. The number of allylic oxidation sites excluding steroid dienone is 2. The van der Waals surface area contributed by atoms with Crippen molar-refractivity contribution in [2.45, 2.75) is 57.9 Å². The molecule has 0 amide bonds. The molecular weight excluding hydrogens is 416 g/mol. The number of hydrogen-bond donors (Lipinski definition) is 3. The summed E-state index contributed by atoms with van der Waals surface area (Å²) in [6.07, 6.45) is 7.04. The van der Waals surface area contributed by atoms with Crippen molar-refractivity contribution in [3.63, 3.8) is 0 Å². The zero-order valence-corrected chi connectivity index (χ0v) is 18.9. The number of fused-ring (bicyclic) bond motifs is 1. The van der Waals surface area contributed by atoms with Crippen molar-refractivity contribution in [2.75, 3.05) is 25.9 Å². The first-order chi connectivity index (χ1) is 15.3. The first kappa shape index (κ1) is 22.9. The normalized spacial score (nSPS) is 30.1. The maximum absolute atomic E-state index is 12.6. The highest BCUT2D eigenvalue weighted by Crippen LogP contribution is 2.61. The van der Waals surface area contributed by atoms with Crippen LogP contribution in [0, 0.1) is 23.2 Å². The van der Waals surface area contributed by atoms with Gasteiger partial charge >= 0.3 is 6.61 Å². The number of nitrogens with one attached hydrogen (secondary N) is 2. The molecule has 4 N–H and O–H groups in total.